The van der Waals surface area contributed by atoms with Gasteiger partial charge in [0, 0.05) is 13.2 Å². The highest BCUT2D eigenvalue weighted by Gasteiger charge is 1.94. The monoisotopic (exact) mass is 191 g/mol. The molecule has 1 saturated heterocycles. The molecular formula is C7H17N3O3. The first kappa shape index (κ1) is 14.2. The normalized spacial score (nSPS) is 13.2. The van der Waals surface area contributed by atoms with E-state index in [2.05, 4.69) is 11.5 Å². The van der Waals surface area contributed by atoms with Crippen LogP contribution in [0.5, 0.6) is 0 Å². The smallest absolute Gasteiger partial charge is 0.320 e. The maximum absolute atomic E-state index is 9.62. The average molecular weight is 191 g/mol. The predicted molar refractivity (Wildman–Crippen MR) is 49.1 cm³/mol. The van der Waals surface area contributed by atoms with Gasteiger partial charge in [0.1, 0.15) is 0 Å². The summed E-state index contributed by atoms with van der Waals surface area (Å²) in [5, 5.41) is 1.58. The van der Waals surface area contributed by atoms with Gasteiger partial charge in [-0.15, -0.1) is 0 Å². The Kier molecular flexibility index (Phi) is 9.63. The Morgan fingerprint density at radius 1 is 1.08 bits per heavy atom. The van der Waals surface area contributed by atoms with E-state index >= 15 is 0 Å². The number of urea groups is 2. The van der Waals surface area contributed by atoms with Gasteiger partial charge in [-0.3, -0.25) is 5.32 Å². The first-order valence-corrected chi connectivity index (χ1v) is 3.56. The van der Waals surface area contributed by atoms with Crippen molar-refractivity contribution >= 4 is 12.1 Å². The third-order valence-electron chi connectivity index (χ3n) is 1.07. The summed E-state index contributed by atoms with van der Waals surface area (Å²) in [6.45, 7) is 2.00. The van der Waals surface area contributed by atoms with Crippen LogP contribution in [0.3, 0.4) is 0 Å². The van der Waals surface area contributed by atoms with Crippen LogP contribution in [0.25, 0.3) is 0 Å². The third kappa shape index (κ3) is 13.7. The van der Waals surface area contributed by atoms with Gasteiger partial charge in [-0.05, 0) is 12.8 Å². The number of hydrogen-bond donors (Lipinski definition) is 3. The van der Waals surface area contributed by atoms with Gasteiger partial charge in [0.05, 0.1) is 0 Å². The summed E-state index contributed by atoms with van der Waals surface area (Å²) in [6, 6.07) is -1.88. The van der Waals surface area contributed by atoms with E-state index in [1.165, 1.54) is 12.8 Å². The van der Waals surface area contributed by atoms with Gasteiger partial charge in [-0.2, -0.15) is 0 Å². The molecule has 0 aromatic rings. The molecule has 0 atom stereocenters. The minimum Gasteiger partial charge on any atom is -0.381 e. The first-order valence-electron chi connectivity index (χ1n) is 3.56. The summed E-state index contributed by atoms with van der Waals surface area (Å²) in [5.41, 5.74) is 8.88. The van der Waals surface area contributed by atoms with Gasteiger partial charge >= 0.3 is 12.1 Å². The van der Waals surface area contributed by atoms with Crippen molar-refractivity contribution in [3.05, 3.63) is 0 Å². The van der Waals surface area contributed by atoms with Crippen molar-refractivity contribution in [2.45, 2.75) is 20.3 Å². The lowest BCUT2D eigenvalue weighted by Crippen LogP contribution is -2.38. The molecule has 6 nitrogen and oxygen atoms in total. The zero-order valence-electron chi connectivity index (χ0n) is 6.71. The van der Waals surface area contributed by atoms with E-state index in [-0.39, 0.29) is 7.43 Å². The van der Waals surface area contributed by atoms with Crippen molar-refractivity contribution < 1.29 is 14.3 Å². The highest BCUT2D eigenvalue weighted by Crippen LogP contribution is 1.98. The molecule has 0 aromatic heterocycles. The SMILES string of the molecule is C.C1CCOC1.NC(=O)NC(N)=O. The Balaban J connectivity index is 0. The van der Waals surface area contributed by atoms with E-state index in [1.807, 2.05) is 0 Å². The average Bonchev–Trinajstić information content (AvgIpc) is 2.36. The third-order valence-corrected chi connectivity index (χ3v) is 1.07. The van der Waals surface area contributed by atoms with Crippen LogP contribution < -0.4 is 16.8 Å². The second kappa shape index (κ2) is 8.79. The van der Waals surface area contributed by atoms with Crippen LogP contribution in [0, 0.1) is 0 Å². The van der Waals surface area contributed by atoms with Gasteiger partial charge in [0.15, 0.2) is 0 Å². The van der Waals surface area contributed by atoms with Crippen LogP contribution in [0.15, 0.2) is 0 Å². The Labute approximate surface area is 77.6 Å². The molecule has 1 aliphatic rings. The molecule has 4 amide bonds. The highest BCUT2D eigenvalue weighted by atomic mass is 16.5. The minimum atomic E-state index is -0.938. The van der Waals surface area contributed by atoms with Crippen molar-refractivity contribution in [3.8, 4) is 0 Å². The molecule has 1 aliphatic heterocycles. The first-order chi connectivity index (χ1) is 5.63. The van der Waals surface area contributed by atoms with Crippen LogP contribution in [0.4, 0.5) is 9.59 Å². The van der Waals surface area contributed by atoms with Crippen molar-refractivity contribution in [1.29, 1.82) is 0 Å². The largest absolute Gasteiger partial charge is 0.381 e. The number of nitrogens with two attached hydrogens (primary N) is 2. The molecule has 1 fully saturated rings. The second-order valence-corrected chi connectivity index (χ2v) is 2.17. The van der Waals surface area contributed by atoms with Crippen molar-refractivity contribution in [1.82, 2.24) is 5.32 Å². The van der Waals surface area contributed by atoms with Crippen LogP contribution in [-0.2, 0) is 4.74 Å². The number of carbonyl (C=O) groups is 2. The maximum Gasteiger partial charge on any atom is 0.320 e. The maximum atomic E-state index is 9.62. The number of ether oxygens (including phenoxy) is 1. The van der Waals surface area contributed by atoms with E-state index < -0.39 is 12.1 Å². The summed E-state index contributed by atoms with van der Waals surface area (Å²) in [7, 11) is 0. The van der Waals surface area contributed by atoms with Gasteiger partial charge in [-0.25, -0.2) is 9.59 Å². The molecule has 0 spiro atoms. The van der Waals surface area contributed by atoms with E-state index in [1.54, 1.807) is 5.32 Å². The van der Waals surface area contributed by atoms with E-state index in [0.29, 0.717) is 0 Å². The number of imide groups is 1. The minimum absolute atomic E-state index is 0. The lowest BCUT2D eigenvalue weighted by atomic mass is 10.4. The molecule has 1 heterocycles. The number of hydrogen-bond acceptors (Lipinski definition) is 3. The molecule has 0 unspecified atom stereocenters. The summed E-state index contributed by atoms with van der Waals surface area (Å²) in [6.07, 6.45) is 2.56. The quantitative estimate of drug-likeness (QED) is 0.507. The van der Waals surface area contributed by atoms with E-state index in [4.69, 9.17) is 4.74 Å². The summed E-state index contributed by atoms with van der Waals surface area (Å²) < 4.78 is 4.94. The molecule has 0 aromatic carbocycles. The fourth-order valence-electron chi connectivity index (χ4n) is 0.632. The lowest BCUT2D eigenvalue weighted by molar-refractivity contribution is 0.198. The summed E-state index contributed by atoms with van der Waals surface area (Å²) >= 11 is 0. The predicted octanol–water partition coefficient (Wildman–Crippen LogP) is 0.166. The second-order valence-electron chi connectivity index (χ2n) is 2.17. The van der Waals surface area contributed by atoms with Gasteiger partial charge in [-0.1, -0.05) is 7.43 Å². The Morgan fingerprint density at radius 2 is 1.46 bits per heavy atom. The molecular weight excluding hydrogens is 174 g/mol. The lowest BCUT2D eigenvalue weighted by Gasteiger charge is -1.88. The highest BCUT2D eigenvalue weighted by molar-refractivity contribution is 5.91. The van der Waals surface area contributed by atoms with Crippen LogP contribution in [0.1, 0.15) is 20.3 Å². The van der Waals surface area contributed by atoms with Crippen molar-refractivity contribution in [2.75, 3.05) is 13.2 Å². The van der Waals surface area contributed by atoms with Crippen LogP contribution >= 0.6 is 0 Å². The number of carbonyl (C=O) groups excluding carboxylic acids is 2. The zero-order chi connectivity index (χ0) is 9.40. The van der Waals surface area contributed by atoms with Crippen molar-refractivity contribution in [2.24, 2.45) is 11.5 Å². The van der Waals surface area contributed by atoms with Gasteiger partial charge in [0.25, 0.3) is 0 Å². The molecule has 0 bridgehead atoms. The molecule has 0 saturated carbocycles. The zero-order valence-corrected chi connectivity index (χ0v) is 6.71. The van der Waals surface area contributed by atoms with Gasteiger partial charge < -0.3 is 16.2 Å². The molecule has 0 aliphatic carbocycles. The summed E-state index contributed by atoms with van der Waals surface area (Å²) in [5.74, 6) is 0. The molecule has 13 heavy (non-hydrogen) atoms. The number of nitrogens with one attached hydrogen (secondary N) is 1. The number of primary amides is 2. The Morgan fingerprint density at radius 3 is 1.54 bits per heavy atom. The molecule has 5 N–H and O–H groups in total. The standard InChI is InChI=1S/C4H8O.C2H5N3O2.CH4/c1-2-4-5-3-1;3-1(6)5-2(4)7;/h1-4H2;(H5,3,4,5,6,7);1H4. The molecule has 6 heteroatoms. The molecule has 78 valence electrons. The Bertz CT molecular complexity index is 137. The number of rotatable bonds is 0. The Hall–Kier alpha value is -1.30. The van der Waals surface area contributed by atoms with E-state index in [0.717, 1.165) is 13.2 Å². The van der Waals surface area contributed by atoms with Crippen LogP contribution in [-0.4, -0.2) is 25.3 Å². The molecule has 0 radical (unpaired) electrons. The van der Waals surface area contributed by atoms with Crippen molar-refractivity contribution in [3.63, 3.8) is 0 Å². The van der Waals surface area contributed by atoms with Gasteiger partial charge in [0.2, 0.25) is 0 Å². The summed E-state index contributed by atoms with van der Waals surface area (Å²) in [4.78, 5) is 19.2. The topological polar surface area (TPSA) is 107 Å². The number of amides is 4. The molecule has 1 rings (SSSR count). The fraction of sp³-hybridized carbons (Fsp3) is 0.714. The van der Waals surface area contributed by atoms with Crippen LogP contribution in [0.2, 0.25) is 0 Å². The fourth-order valence-corrected chi connectivity index (χ4v) is 0.632. The van der Waals surface area contributed by atoms with E-state index in [9.17, 15) is 9.59 Å².